The number of carbonyl (C=O) groups excluding carboxylic acids is 1. The lowest BCUT2D eigenvalue weighted by atomic mass is 9.90. The van der Waals surface area contributed by atoms with Crippen LogP contribution in [0, 0.1) is 11.8 Å². The van der Waals surface area contributed by atoms with Crippen molar-refractivity contribution in [2.45, 2.75) is 45.6 Å². The largest absolute Gasteiger partial charge is 0.357 e. The van der Waals surface area contributed by atoms with Crippen LogP contribution in [-0.2, 0) is 4.79 Å². The number of aromatic nitrogens is 1. The molecule has 26 heavy (non-hydrogen) atoms. The second kappa shape index (κ2) is 10.1. The van der Waals surface area contributed by atoms with Gasteiger partial charge < -0.3 is 15.1 Å². The first-order valence-electron chi connectivity index (χ1n) is 9.85. The van der Waals surface area contributed by atoms with E-state index in [0.29, 0.717) is 17.9 Å². The van der Waals surface area contributed by atoms with Crippen LogP contribution in [-0.4, -0.2) is 54.6 Å². The van der Waals surface area contributed by atoms with Gasteiger partial charge in [0.15, 0.2) is 0 Å². The van der Waals surface area contributed by atoms with Crippen LogP contribution in [0.15, 0.2) is 24.4 Å². The third-order valence-corrected chi connectivity index (χ3v) is 5.73. The number of nitrogens with one attached hydrogen (secondary N) is 1. The van der Waals surface area contributed by atoms with Gasteiger partial charge in [0.2, 0.25) is 5.91 Å². The Labute approximate surface area is 163 Å². The van der Waals surface area contributed by atoms with Crippen LogP contribution >= 0.6 is 12.4 Å². The minimum atomic E-state index is 0. The molecule has 0 aromatic carbocycles. The molecule has 2 aliphatic rings. The zero-order valence-corrected chi connectivity index (χ0v) is 16.9. The third kappa shape index (κ3) is 5.34. The van der Waals surface area contributed by atoms with E-state index in [9.17, 15) is 4.79 Å². The Bertz CT molecular complexity index is 548. The highest BCUT2D eigenvalue weighted by Gasteiger charge is 2.30. The van der Waals surface area contributed by atoms with Crippen LogP contribution in [0.5, 0.6) is 0 Å². The maximum Gasteiger partial charge on any atom is 0.225 e. The highest BCUT2D eigenvalue weighted by molar-refractivity contribution is 5.85. The Morgan fingerprint density at radius 3 is 2.69 bits per heavy atom. The highest BCUT2D eigenvalue weighted by Crippen LogP contribution is 2.24. The van der Waals surface area contributed by atoms with Gasteiger partial charge in [-0.1, -0.05) is 6.07 Å². The molecule has 1 N–H and O–H groups in total. The first kappa shape index (κ1) is 21.0. The fraction of sp³-hybridized carbons (Fsp3) is 0.700. The minimum absolute atomic E-state index is 0. The molecule has 0 saturated carbocycles. The van der Waals surface area contributed by atoms with Gasteiger partial charge in [-0.25, -0.2) is 4.98 Å². The van der Waals surface area contributed by atoms with Gasteiger partial charge in [-0.15, -0.1) is 12.4 Å². The van der Waals surface area contributed by atoms with E-state index < -0.39 is 0 Å². The van der Waals surface area contributed by atoms with Crippen molar-refractivity contribution in [2.75, 3.05) is 37.6 Å². The molecule has 0 spiro atoms. The number of piperidine rings is 2. The van der Waals surface area contributed by atoms with E-state index in [1.165, 1.54) is 0 Å². The van der Waals surface area contributed by atoms with Crippen molar-refractivity contribution in [1.82, 2.24) is 15.2 Å². The molecule has 3 rings (SSSR count). The maximum atomic E-state index is 12.9. The standard InChI is InChI=1S/C20H32N4O.ClH/c1-3-23(20(25)18-7-11-21-16(2)14-18)15-17-8-12-24(13-9-17)19-6-4-5-10-22-19;/h4-6,10,16-18,21H,3,7-9,11-15H2,1-2H3;1H/t16-,18-;/m0./s1. The van der Waals surface area contributed by atoms with Crippen molar-refractivity contribution in [3.63, 3.8) is 0 Å². The van der Waals surface area contributed by atoms with E-state index in [4.69, 9.17) is 0 Å². The molecule has 0 unspecified atom stereocenters. The Morgan fingerprint density at radius 2 is 2.08 bits per heavy atom. The van der Waals surface area contributed by atoms with Gasteiger partial charge in [0.1, 0.15) is 5.82 Å². The summed E-state index contributed by atoms with van der Waals surface area (Å²) in [5, 5.41) is 3.44. The van der Waals surface area contributed by atoms with Crippen molar-refractivity contribution in [1.29, 1.82) is 0 Å². The van der Waals surface area contributed by atoms with Crippen LogP contribution in [0.4, 0.5) is 5.82 Å². The van der Waals surface area contributed by atoms with Crippen LogP contribution < -0.4 is 10.2 Å². The van der Waals surface area contributed by atoms with E-state index in [0.717, 1.165) is 64.2 Å². The van der Waals surface area contributed by atoms with E-state index >= 15 is 0 Å². The summed E-state index contributed by atoms with van der Waals surface area (Å²) in [6, 6.07) is 6.55. The lowest BCUT2D eigenvalue weighted by Gasteiger charge is -2.37. The van der Waals surface area contributed by atoms with Crippen molar-refractivity contribution in [3.05, 3.63) is 24.4 Å². The smallest absolute Gasteiger partial charge is 0.225 e. The number of anilines is 1. The molecule has 1 amide bonds. The molecule has 2 aliphatic heterocycles. The molecular formula is C20H33ClN4O. The number of hydrogen-bond donors (Lipinski definition) is 1. The monoisotopic (exact) mass is 380 g/mol. The molecule has 0 aliphatic carbocycles. The van der Waals surface area contributed by atoms with Gasteiger partial charge >= 0.3 is 0 Å². The van der Waals surface area contributed by atoms with Gasteiger partial charge in [0.05, 0.1) is 0 Å². The molecule has 3 heterocycles. The summed E-state index contributed by atoms with van der Waals surface area (Å²) in [5.74, 6) is 2.28. The predicted octanol–water partition coefficient (Wildman–Crippen LogP) is 2.96. The number of rotatable bonds is 5. The first-order chi connectivity index (χ1) is 12.2. The van der Waals surface area contributed by atoms with Gasteiger partial charge in [0.25, 0.3) is 0 Å². The molecule has 6 heteroatoms. The average Bonchev–Trinajstić information content (AvgIpc) is 2.67. The summed E-state index contributed by atoms with van der Waals surface area (Å²) in [7, 11) is 0. The van der Waals surface area contributed by atoms with Gasteiger partial charge in [-0.3, -0.25) is 4.79 Å². The summed E-state index contributed by atoms with van der Waals surface area (Å²) in [4.78, 5) is 21.8. The SMILES string of the molecule is CCN(CC1CCN(c2ccccn2)CC1)C(=O)[C@H]1CCN[C@@H](C)C1.Cl. The molecular weight excluding hydrogens is 348 g/mol. The fourth-order valence-electron chi connectivity index (χ4n) is 4.19. The molecule has 0 bridgehead atoms. The van der Waals surface area contributed by atoms with Crippen molar-refractivity contribution >= 4 is 24.1 Å². The van der Waals surface area contributed by atoms with Gasteiger partial charge in [-0.2, -0.15) is 0 Å². The highest BCUT2D eigenvalue weighted by atomic mass is 35.5. The first-order valence-corrected chi connectivity index (χ1v) is 9.85. The molecule has 1 aromatic rings. The van der Waals surface area contributed by atoms with E-state index in [1.54, 1.807) is 0 Å². The number of halogens is 1. The second-order valence-corrected chi connectivity index (χ2v) is 7.57. The Hall–Kier alpha value is -1.33. The molecule has 0 radical (unpaired) electrons. The van der Waals surface area contributed by atoms with E-state index in [-0.39, 0.29) is 18.3 Å². The zero-order chi connectivity index (χ0) is 17.6. The van der Waals surface area contributed by atoms with E-state index in [2.05, 4.69) is 40.0 Å². The Morgan fingerprint density at radius 1 is 1.31 bits per heavy atom. The van der Waals surface area contributed by atoms with Crippen molar-refractivity contribution in [2.24, 2.45) is 11.8 Å². The molecule has 2 saturated heterocycles. The summed E-state index contributed by atoms with van der Waals surface area (Å²) in [6.07, 6.45) is 6.11. The minimum Gasteiger partial charge on any atom is -0.357 e. The fourth-order valence-corrected chi connectivity index (χ4v) is 4.19. The number of amides is 1. The van der Waals surface area contributed by atoms with Gasteiger partial charge in [0, 0.05) is 44.3 Å². The summed E-state index contributed by atoms with van der Waals surface area (Å²) >= 11 is 0. The number of hydrogen-bond acceptors (Lipinski definition) is 4. The maximum absolute atomic E-state index is 12.9. The quantitative estimate of drug-likeness (QED) is 0.853. The van der Waals surface area contributed by atoms with Crippen molar-refractivity contribution in [3.8, 4) is 0 Å². The molecule has 146 valence electrons. The van der Waals surface area contributed by atoms with Crippen LogP contribution in [0.1, 0.15) is 39.5 Å². The van der Waals surface area contributed by atoms with Crippen LogP contribution in [0.3, 0.4) is 0 Å². The number of nitrogens with zero attached hydrogens (tertiary/aromatic N) is 3. The lowest BCUT2D eigenvalue weighted by molar-refractivity contribution is -0.137. The molecule has 1 aromatic heterocycles. The molecule has 5 nitrogen and oxygen atoms in total. The Balaban J connectivity index is 0.00000243. The topological polar surface area (TPSA) is 48.5 Å². The number of pyridine rings is 1. The Kier molecular flexibility index (Phi) is 8.16. The van der Waals surface area contributed by atoms with Crippen molar-refractivity contribution < 1.29 is 4.79 Å². The molecule has 2 atom stereocenters. The van der Waals surface area contributed by atoms with Crippen LogP contribution in [0.25, 0.3) is 0 Å². The summed E-state index contributed by atoms with van der Waals surface area (Å²) < 4.78 is 0. The van der Waals surface area contributed by atoms with Gasteiger partial charge in [-0.05, 0) is 64.1 Å². The predicted molar refractivity (Wildman–Crippen MR) is 109 cm³/mol. The summed E-state index contributed by atoms with van der Waals surface area (Å²) in [6.45, 7) is 9.10. The van der Waals surface area contributed by atoms with Crippen LogP contribution in [0.2, 0.25) is 0 Å². The second-order valence-electron chi connectivity index (χ2n) is 7.57. The third-order valence-electron chi connectivity index (χ3n) is 5.73. The zero-order valence-electron chi connectivity index (χ0n) is 16.1. The molecule has 2 fully saturated rings. The lowest BCUT2D eigenvalue weighted by Crippen LogP contribution is -2.46. The number of carbonyl (C=O) groups is 1. The average molecular weight is 381 g/mol. The normalized spacial score (nSPS) is 24.0. The summed E-state index contributed by atoms with van der Waals surface area (Å²) in [5.41, 5.74) is 0. The van der Waals surface area contributed by atoms with E-state index in [1.807, 2.05) is 18.3 Å².